The fraction of sp³-hybridized carbons (Fsp3) is 0.378. The molecule has 2 aromatic carbocycles. The molecule has 7 rings (SSSR count). The number of aromatic hydroxyl groups is 1. The summed E-state index contributed by atoms with van der Waals surface area (Å²) >= 11 is 6.13. The second-order valence-corrected chi connectivity index (χ2v) is 14.9. The third kappa shape index (κ3) is 6.84. The minimum Gasteiger partial charge on any atom is -0.504 e. The first-order chi connectivity index (χ1) is 26.4. The summed E-state index contributed by atoms with van der Waals surface area (Å²) < 4.78 is 73.0. The fourth-order valence-electron chi connectivity index (χ4n) is 7.85. The molecule has 1 fully saturated rings. The number of nitrogens with one attached hydrogen (secondary N) is 1. The Morgan fingerprint density at radius 1 is 1.09 bits per heavy atom. The number of likely N-dealkylation sites (tertiary alicyclic amines) is 1. The van der Waals surface area contributed by atoms with Crippen molar-refractivity contribution in [1.82, 2.24) is 38.9 Å². The molecule has 1 spiro atoms. The number of piperidine rings is 1. The molecule has 0 unspecified atom stereocenters. The Morgan fingerprint density at radius 2 is 1.80 bits per heavy atom. The summed E-state index contributed by atoms with van der Waals surface area (Å²) in [7, 11) is 3.40. The summed E-state index contributed by atoms with van der Waals surface area (Å²) in [5, 5.41) is 17.0. The molecule has 3 aromatic heterocycles. The Morgan fingerprint density at radius 3 is 2.46 bits per heavy atom. The Balaban J connectivity index is 1.31. The molecule has 2 amide bonds. The van der Waals surface area contributed by atoms with E-state index in [-0.39, 0.29) is 76.1 Å². The van der Waals surface area contributed by atoms with Gasteiger partial charge in [0.2, 0.25) is 11.7 Å². The third-order valence-corrected chi connectivity index (χ3v) is 10.7. The standard InChI is InChI=1S/C37H35ClF5N9O4/c1-18-14-36(7-9-50(10-8-36)34(56)29-31(54)19(2)44-17-45-29)28-30(18)51(16-27(53)46-26-6-5-21(12-23(26)38)37(41,42)43)35-47-32(48-52(35)33(28)55)22-13-24(39)20(11-25(22)40)15-49(3)4/h5-6,11-13,17-18,54H,7-10,14-16H2,1-4H3,(H,46,53)/t18-/m1/s1. The number of amides is 2. The zero-order valence-corrected chi connectivity index (χ0v) is 31.3. The van der Waals surface area contributed by atoms with Gasteiger partial charge in [-0.1, -0.05) is 18.5 Å². The number of benzene rings is 2. The van der Waals surface area contributed by atoms with E-state index in [1.807, 2.05) is 6.92 Å². The van der Waals surface area contributed by atoms with Gasteiger partial charge in [-0.15, -0.1) is 5.10 Å². The average molecular weight is 800 g/mol. The number of fused-ring (bicyclic) bond motifs is 3. The number of carbonyl (C=O) groups excluding carboxylic acids is 2. The largest absolute Gasteiger partial charge is 0.504 e. The monoisotopic (exact) mass is 799 g/mol. The summed E-state index contributed by atoms with van der Waals surface area (Å²) in [5.41, 5.74) is -1.90. The number of anilines is 1. The molecule has 0 bridgehead atoms. The second kappa shape index (κ2) is 14.2. The summed E-state index contributed by atoms with van der Waals surface area (Å²) in [6.45, 7) is 3.37. The molecule has 4 heterocycles. The SMILES string of the molecule is Cc1ncnc(C(=O)N2CCC3(CC2)C[C@@H](C)c2c3c(=O)n3nc(-c4cc(F)c(CN(C)C)cc4F)nc3n2CC(=O)Nc2ccc(C(F)(F)F)cc2Cl)c1O. The van der Waals surface area contributed by atoms with Gasteiger partial charge in [-0.2, -0.15) is 22.7 Å². The lowest BCUT2D eigenvalue weighted by Crippen LogP contribution is -2.46. The van der Waals surface area contributed by atoms with Crippen LogP contribution in [0.15, 0.2) is 41.5 Å². The minimum absolute atomic E-state index is 0.0859. The number of hydrogen-bond donors (Lipinski definition) is 2. The van der Waals surface area contributed by atoms with Gasteiger partial charge in [-0.05, 0) is 76.5 Å². The van der Waals surface area contributed by atoms with Crippen molar-refractivity contribution in [2.45, 2.75) is 63.7 Å². The Kier molecular flexibility index (Phi) is 9.85. The first-order valence-corrected chi connectivity index (χ1v) is 17.9. The number of hydrogen-bond acceptors (Lipinski definition) is 9. The van der Waals surface area contributed by atoms with Crippen molar-refractivity contribution in [3.05, 3.63) is 97.4 Å². The van der Waals surface area contributed by atoms with Gasteiger partial charge in [0.15, 0.2) is 17.3 Å². The number of halogens is 6. The average Bonchev–Trinajstić information content (AvgIpc) is 3.69. The first-order valence-electron chi connectivity index (χ1n) is 17.5. The van der Waals surface area contributed by atoms with Crippen LogP contribution >= 0.6 is 11.6 Å². The Bertz CT molecular complexity index is 2480. The predicted octanol–water partition coefficient (Wildman–Crippen LogP) is 5.69. The molecular weight excluding hydrogens is 765 g/mol. The molecule has 5 aromatic rings. The van der Waals surface area contributed by atoms with E-state index in [1.54, 1.807) is 25.9 Å². The molecule has 0 radical (unpaired) electrons. The van der Waals surface area contributed by atoms with E-state index >= 15 is 8.78 Å². The quantitative estimate of drug-likeness (QED) is 0.198. The smallest absolute Gasteiger partial charge is 0.416 e. The lowest BCUT2D eigenvalue weighted by Gasteiger charge is -2.39. The summed E-state index contributed by atoms with van der Waals surface area (Å²) in [4.78, 5) is 57.2. The van der Waals surface area contributed by atoms with E-state index in [9.17, 15) is 32.7 Å². The Labute approximate surface area is 320 Å². The summed E-state index contributed by atoms with van der Waals surface area (Å²) in [6.07, 6.45) is -2.42. The molecule has 1 atom stereocenters. The maximum atomic E-state index is 15.6. The van der Waals surface area contributed by atoms with Gasteiger partial charge in [0, 0.05) is 41.9 Å². The molecule has 13 nitrogen and oxygen atoms in total. The lowest BCUT2D eigenvalue weighted by molar-refractivity contribution is -0.137. The number of alkyl halides is 3. The van der Waals surface area contributed by atoms with Crippen molar-refractivity contribution < 1.29 is 36.6 Å². The molecule has 19 heteroatoms. The van der Waals surface area contributed by atoms with Crippen LogP contribution in [0.1, 0.15) is 70.7 Å². The van der Waals surface area contributed by atoms with Crippen LogP contribution in [-0.2, 0) is 29.5 Å². The van der Waals surface area contributed by atoms with Crippen LogP contribution in [0.25, 0.3) is 17.2 Å². The lowest BCUT2D eigenvalue weighted by atomic mass is 9.73. The molecular formula is C37H35ClF5N9O4. The molecule has 1 aliphatic heterocycles. The van der Waals surface area contributed by atoms with Gasteiger partial charge < -0.3 is 24.8 Å². The maximum Gasteiger partial charge on any atom is 0.416 e. The van der Waals surface area contributed by atoms with Gasteiger partial charge in [-0.25, -0.2) is 18.7 Å². The molecule has 56 heavy (non-hydrogen) atoms. The number of aromatic nitrogens is 6. The predicted molar refractivity (Wildman–Crippen MR) is 193 cm³/mol. The van der Waals surface area contributed by atoms with Crippen LogP contribution in [-0.4, -0.2) is 83.0 Å². The molecule has 1 aliphatic carbocycles. The van der Waals surface area contributed by atoms with E-state index in [0.29, 0.717) is 36.6 Å². The maximum absolute atomic E-state index is 15.6. The summed E-state index contributed by atoms with van der Waals surface area (Å²) in [5.74, 6) is -3.97. The zero-order valence-electron chi connectivity index (χ0n) is 30.5. The summed E-state index contributed by atoms with van der Waals surface area (Å²) in [6, 6.07) is 4.45. The van der Waals surface area contributed by atoms with Crippen molar-refractivity contribution in [3.8, 4) is 17.1 Å². The van der Waals surface area contributed by atoms with Gasteiger partial charge >= 0.3 is 6.18 Å². The molecule has 2 aliphatic rings. The van der Waals surface area contributed by atoms with Crippen molar-refractivity contribution in [2.75, 3.05) is 32.5 Å². The number of aryl methyl sites for hydroxylation is 1. The molecule has 1 saturated heterocycles. The van der Waals surface area contributed by atoms with E-state index in [0.717, 1.165) is 28.8 Å². The van der Waals surface area contributed by atoms with Crippen molar-refractivity contribution >= 4 is 34.9 Å². The van der Waals surface area contributed by atoms with E-state index in [4.69, 9.17) is 11.6 Å². The van der Waals surface area contributed by atoms with Gasteiger partial charge in [0.25, 0.3) is 11.5 Å². The molecule has 2 N–H and O–H groups in total. The van der Waals surface area contributed by atoms with Crippen LogP contribution < -0.4 is 10.9 Å². The molecule has 294 valence electrons. The third-order valence-electron chi connectivity index (χ3n) is 10.4. The fourth-order valence-corrected chi connectivity index (χ4v) is 8.08. The highest BCUT2D eigenvalue weighted by Crippen LogP contribution is 2.50. The number of nitrogens with zero attached hydrogens (tertiary/aromatic N) is 8. The van der Waals surface area contributed by atoms with E-state index in [2.05, 4.69) is 25.4 Å². The second-order valence-electron chi connectivity index (χ2n) is 14.5. The molecule has 0 saturated carbocycles. The van der Waals surface area contributed by atoms with E-state index < -0.39 is 52.7 Å². The zero-order chi connectivity index (χ0) is 40.4. The van der Waals surface area contributed by atoms with E-state index in [1.165, 1.54) is 15.8 Å². The van der Waals surface area contributed by atoms with Crippen LogP contribution in [0.4, 0.5) is 27.6 Å². The first kappa shape index (κ1) is 38.8. The van der Waals surface area contributed by atoms with Gasteiger partial charge in [0.05, 0.1) is 27.5 Å². The normalized spacial score (nSPS) is 16.6. The highest BCUT2D eigenvalue weighted by atomic mass is 35.5. The number of carbonyl (C=O) groups is 2. The van der Waals surface area contributed by atoms with Gasteiger partial charge in [-0.3, -0.25) is 14.4 Å². The highest BCUT2D eigenvalue weighted by Gasteiger charge is 2.49. The van der Waals surface area contributed by atoms with Crippen LogP contribution in [0, 0.1) is 18.6 Å². The number of rotatable bonds is 7. The van der Waals surface area contributed by atoms with Crippen molar-refractivity contribution in [1.29, 1.82) is 0 Å². The van der Waals surface area contributed by atoms with Gasteiger partial charge in [0.1, 0.15) is 24.5 Å². The van der Waals surface area contributed by atoms with Crippen LogP contribution in [0.5, 0.6) is 5.75 Å². The van der Waals surface area contributed by atoms with Crippen molar-refractivity contribution in [2.24, 2.45) is 0 Å². The Hall–Kier alpha value is -5.49. The topological polar surface area (TPSA) is 151 Å². The van der Waals surface area contributed by atoms with Crippen LogP contribution in [0.2, 0.25) is 5.02 Å². The van der Waals surface area contributed by atoms with Crippen molar-refractivity contribution in [3.63, 3.8) is 0 Å². The van der Waals surface area contributed by atoms with Crippen LogP contribution in [0.3, 0.4) is 0 Å². The minimum atomic E-state index is -4.67. The highest BCUT2D eigenvalue weighted by molar-refractivity contribution is 6.33.